The molecule has 5 heteroatoms. The van der Waals surface area contributed by atoms with Crippen LogP contribution in [0.5, 0.6) is 5.88 Å². The molecule has 0 aromatic carbocycles. The normalized spacial score (nSPS) is 23.4. The second-order valence-electron chi connectivity index (χ2n) is 5.68. The fourth-order valence-electron chi connectivity index (χ4n) is 3.11. The van der Waals surface area contributed by atoms with Gasteiger partial charge in [-0.3, -0.25) is 4.79 Å². The second kappa shape index (κ2) is 5.40. The van der Waals surface area contributed by atoms with Crippen molar-refractivity contribution in [2.75, 3.05) is 25.0 Å². The number of hydrogen-bond donors (Lipinski definition) is 2. The van der Waals surface area contributed by atoms with E-state index in [2.05, 4.69) is 15.6 Å². The van der Waals surface area contributed by atoms with E-state index in [1.807, 2.05) is 13.0 Å². The maximum absolute atomic E-state index is 12.3. The molecule has 1 aromatic rings. The molecule has 1 atom stereocenters. The van der Waals surface area contributed by atoms with E-state index >= 15 is 0 Å². The van der Waals surface area contributed by atoms with Gasteiger partial charge in [-0.15, -0.1) is 0 Å². The summed E-state index contributed by atoms with van der Waals surface area (Å²) >= 11 is 0. The van der Waals surface area contributed by atoms with Crippen LogP contribution >= 0.6 is 0 Å². The molecule has 2 fully saturated rings. The lowest BCUT2D eigenvalue weighted by Gasteiger charge is -2.23. The number of aromatic nitrogens is 1. The highest BCUT2D eigenvalue weighted by Crippen LogP contribution is 2.58. The first-order valence-electron chi connectivity index (χ1n) is 7.34. The lowest BCUT2D eigenvalue weighted by molar-refractivity contribution is -0.118. The summed E-state index contributed by atoms with van der Waals surface area (Å²) in [5.74, 6) is 0.903. The molecule has 1 aromatic heterocycles. The molecule has 0 bridgehead atoms. The van der Waals surface area contributed by atoms with Gasteiger partial charge in [0.2, 0.25) is 11.8 Å². The first-order valence-corrected chi connectivity index (χ1v) is 7.34. The molecule has 0 radical (unpaired) electrons. The highest BCUT2D eigenvalue weighted by atomic mass is 16.5. The molecule has 1 spiro atoms. The number of carbonyl (C=O) groups is 1. The lowest BCUT2D eigenvalue weighted by atomic mass is 9.92. The third-order valence-corrected chi connectivity index (χ3v) is 4.40. The molecule has 1 saturated carbocycles. The van der Waals surface area contributed by atoms with Crippen molar-refractivity contribution in [3.05, 3.63) is 18.3 Å². The number of nitrogens with one attached hydrogen (secondary N) is 2. The molecule has 1 aliphatic heterocycles. The summed E-state index contributed by atoms with van der Waals surface area (Å²) in [6, 6.07) is 3.62. The molecule has 2 aliphatic rings. The molecule has 108 valence electrons. The summed E-state index contributed by atoms with van der Waals surface area (Å²) in [6.45, 7) is 4.59. The number of nitrogens with zero attached hydrogens (tertiary/aromatic N) is 1. The van der Waals surface area contributed by atoms with Crippen molar-refractivity contribution < 1.29 is 9.53 Å². The van der Waals surface area contributed by atoms with Crippen LogP contribution in [0.3, 0.4) is 0 Å². The number of hydrogen-bond acceptors (Lipinski definition) is 4. The Kier molecular flexibility index (Phi) is 3.61. The molecule has 20 heavy (non-hydrogen) atoms. The average Bonchev–Trinajstić information content (AvgIpc) is 3.16. The number of anilines is 1. The number of ether oxygens (including phenoxy) is 1. The van der Waals surface area contributed by atoms with Crippen LogP contribution < -0.4 is 15.4 Å². The van der Waals surface area contributed by atoms with Crippen molar-refractivity contribution >= 4 is 11.6 Å². The first kappa shape index (κ1) is 13.4. The number of rotatable bonds is 4. The molecular formula is C15H21N3O2. The summed E-state index contributed by atoms with van der Waals surface area (Å²) < 4.78 is 5.28. The van der Waals surface area contributed by atoms with Crippen molar-refractivity contribution in [3.8, 4) is 5.88 Å². The Bertz CT molecular complexity index is 480. The van der Waals surface area contributed by atoms with E-state index in [1.165, 1.54) is 0 Å². The van der Waals surface area contributed by atoms with Crippen molar-refractivity contribution in [2.45, 2.75) is 26.2 Å². The minimum absolute atomic E-state index is 0.137. The number of piperidine rings is 1. The monoisotopic (exact) mass is 275 g/mol. The minimum Gasteiger partial charge on any atom is -0.478 e. The summed E-state index contributed by atoms with van der Waals surface area (Å²) in [4.78, 5) is 16.4. The second-order valence-corrected chi connectivity index (χ2v) is 5.68. The maximum atomic E-state index is 12.3. The first-order chi connectivity index (χ1) is 9.73. The Morgan fingerprint density at radius 2 is 2.30 bits per heavy atom. The van der Waals surface area contributed by atoms with E-state index in [1.54, 1.807) is 12.3 Å². The Morgan fingerprint density at radius 1 is 1.50 bits per heavy atom. The molecule has 2 heterocycles. The molecular weight excluding hydrogens is 254 g/mol. The SMILES string of the molecule is CCOc1ccc(NC(=O)C2CC23CCNCC3)cn1. The van der Waals surface area contributed by atoms with Gasteiger partial charge in [-0.2, -0.15) is 0 Å². The molecule has 1 unspecified atom stereocenters. The average molecular weight is 275 g/mol. The van der Waals surface area contributed by atoms with E-state index < -0.39 is 0 Å². The summed E-state index contributed by atoms with van der Waals surface area (Å²) in [6.07, 6.45) is 4.92. The van der Waals surface area contributed by atoms with Gasteiger partial charge >= 0.3 is 0 Å². The van der Waals surface area contributed by atoms with E-state index in [9.17, 15) is 4.79 Å². The van der Waals surface area contributed by atoms with Gasteiger partial charge in [0.15, 0.2) is 0 Å². The Balaban J connectivity index is 1.57. The van der Waals surface area contributed by atoms with Gasteiger partial charge in [0, 0.05) is 12.0 Å². The van der Waals surface area contributed by atoms with Crippen LogP contribution in [0.15, 0.2) is 18.3 Å². The quantitative estimate of drug-likeness (QED) is 0.879. The molecule has 3 rings (SSSR count). The van der Waals surface area contributed by atoms with Crippen molar-refractivity contribution in [2.24, 2.45) is 11.3 Å². The highest BCUT2D eigenvalue weighted by molar-refractivity contribution is 5.95. The Labute approximate surface area is 119 Å². The van der Waals surface area contributed by atoms with Crippen LogP contribution in [0.1, 0.15) is 26.2 Å². The van der Waals surface area contributed by atoms with Crippen LogP contribution in [0.25, 0.3) is 0 Å². The minimum atomic E-state index is 0.137. The standard InChI is InChI=1S/C15H21N3O2/c1-2-20-13-4-3-11(10-17-13)18-14(19)12-9-15(12)5-7-16-8-6-15/h3-4,10,12,16H,2,5-9H2,1H3,(H,18,19). The maximum Gasteiger partial charge on any atom is 0.228 e. The summed E-state index contributed by atoms with van der Waals surface area (Å²) in [5.41, 5.74) is 1.02. The van der Waals surface area contributed by atoms with Crippen LogP contribution in [0, 0.1) is 11.3 Å². The third-order valence-electron chi connectivity index (χ3n) is 4.40. The van der Waals surface area contributed by atoms with Gasteiger partial charge < -0.3 is 15.4 Å². The predicted molar refractivity (Wildman–Crippen MR) is 76.7 cm³/mol. The zero-order chi connectivity index (χ0) is 14.0. The molecule has 1 aliphatic carbocycles. The van der Waals surface area contributed by atoms with E-state index in [0.717, 1.165) is 38.0 Å². The van der Waals surface area contributed by atoms with Gasteiger partial charge in [-0.1, -0.05) is 0 Å². The number of pyridine rings is 1. The van der Waals surface area contributed by atoms with Crippen LogP contribution in [0.2, 0.25) is 0 Å². The van der Waals surface area contributed by atoms with Gasteiger partial charge in [-0.05, 0) is 50.8 Å². The van der Waals surface area contributed by atoms with Gasteiger partial charge in [0.05, 0.1) is 18.5 Å². The topological polar surface area (TPSA) is 63.2 Å². The van der Waals surface area contributed by atoms with Crippen LogP contribution in [0.4, 0.5) is 5.69 Å². The summed E-state index contributed by atoms with van der Waals surface area (Å²) in [7, 11) is 0. The van der Waals surface area contributed by atoms with Gasteiger partial charge in [0.25, 0.3) is 0 Å². The zero-order valence-electron chi connectivity index (χ0n) is 11.8. The highest BCUT2D eigenvalue weighted by Gasteiger charge is 2.57. The van der Waals surface area contributed by atoms with Crippen molar-refractivity contribution in [1.29, 1.82) is 0 Å². The fourth-order valence-corrected chi connectivity index (χ4v) is 3.11. The predicted octanol–water partition coefficient (Wildman–Crippen LogP) is 1.81. The number of carbonyl (C=O) groups excluding carboxylic acids is 1. The van der Waals surface area contributed by atoms with Crippen LogP contribution in [-0.2, 0) is 4.79 Å². The number of amides is 1. The molecule has 1 saturated heterocycles. The van der Waals surface area contributed by atoms with E-state index in [0.29, 0.717) is 12.5 Å². The largest absolute Gasteiger partial charge is 0.478 e. The zero-order valence-corrected chi connectivity index (χ0v) is 11.8. The van der Waals surface area contributed by atoms with Gasteiger partial charge in [-0.25, -0.2) is 4.98 Å². The molecule has 5 nitrogen and oxygen atoms in total. The van der Waals surface area contributed by atoms with Crippen molar-refractivity contribution in [3.63, 3.8) is 0 Å². The van der Waals surface area contributed by atoms with E-state index in [-0.39, 0.29) is 17.2 Å². The lowest BCUT2D eigenvalue weighted by Crippen LogP contribution is -2.31. The summed E-state index contributed by atoms with van der Waals surface area (Å²) in [5, 5.41) is 6.32. The van der Waals surface area contributed by atoms with Crippen molar-refractivity contribution in [1.82, 2.24) is 10.3 Å². The smallest absolute Gasteiger partial charge is 0.228 e. The van der Waals surface area contributed by atoms with Gasteiger partial charge in [0.1, 0.15) is 0 Å². The Morgan fingerprint density at radius 3 is 2.95 bits per heavy atom. The molecule has 2 N–H and O–H groups in total. The Hall–Kier alpha value is -1.62. The third kappa shape index (κ3) is 2.63. The molecule has 1 amide bonds. The fraction of sp³-hybridized carbons (Fsp3) is 0.600. The van der Waals surface area contributed by atoms with E-state index in [4.69, 9.17) is 4.74 Å². The van der Waals surface area contributed by atoms with Crippen LogP contribution in [-0.4, -0.2) is 30.6 Å².